The Bertz CT molecular complexity index is 591. The van der Waals surface area contributed by atoms with Crippen molar-refractivity contribution >= 4 is 0 Å². The lowest BCUT2D eigenvalue weighted by Gasteiger charge is -2.37. The zero-order valence-electron chi connectivity index (χ0n) is 16.7. The van der Waals surface area contributed by atoms with E-state index in [2.05, 4.69) is 6.92 Å². The summed E-state index contributed by atoms with van der Waals surface area (Å²) in [7, 11) is 0. The molecular weight excluding hydrogens is 389 g/mol. The molecule has 8 heteroatoms. The predicted octanol–water partition coefficient (Wildman–Crippen LogP) is 4.34. The van der Waals surface area contributed by atoms with Crippen molar-refractivity contribution < 1.29 is 36.9 Å². The van der Waals surface area contributed by atoms with E-state index in [9.17, 15) is 13.2 Å². The second kappa shape index (κ2) is 10.6. The Morgan fingerprint density at radius 1 is 0.931 bits per heavy atom. The van der Waals surface area contributed by atoms with Crippen LogP contribution in [0.15, 0.2) is 24.3 Å². The maximum absolute atomic E-state index is 12.2. The van der Waals surface area contributed by atoms with Crippen molar-refractivity contribution in [2.45, 2.75) is 51.4 Å². The molecule has 2 aliphatic heterocycles. The van der Waals surface area contributed by atoms with Crippen LogP contribution in [-0.4, -0.2) is 51.8 Å². The second-order valence-electron chi connectivity index (χ2n) is 7.63. The normalized spacial score (nSPS) is 28.3. The summed E-state index contributed by atoms with van der Waals surface area (Å²) in [6.07, 6.45) is -1.30. The minimum Gasteiger partial charge on any atom is -0.484 e. The van der Waals surface area contributed by atoms with Crippen molar-refractivity contribution in [1.82, 2.24) is 0 Å². The van der Waals surface area contributed by atoms with E-state index in [-0.39, 0.29) is 24.2 Å². The van der Waals surface area contributed by atoms with Crippen LogP contribution in [0.25, 0.3) is 0 Å². The number of rotatable bonds is 8. The smallest absolute Gasteiger partial charge is 0.422 e. The van der Waals surface area contributed by atoms with E-state index in [0.717, 1.165) is 31.6 Å². The third-order valence-corrected chi connectivity index (χ3v) is 5.06. The SMILES string of the molecule is CCCC1COC(C2COC(CCc3ccc(OCC(F)(F)F)cc3)OC2)OC1. The molecule has 0 aliphatic carbocycles. The van der Waals surface area contributed by atoms with E-state index < -0.39 is 12.8 Å². The number of hydrogen-bond donors (Lipinski definition) is 0. The van der Waals surface area contributed by atoms with Gasteiger partial charge in [0.15, 0.2) is 19.2 Å². The molecule has 0 aromatic heterocycles. The van der Waals surface area contributed by atoms with Crippen LogP contribution < -0.4 is 4.74 Å². The first kappa shape index (κ1) is 22.3. The zero-order chi connectivity index (χ0) is 20.7. The first-order chi connectivity index (χ1) is 13.9. The first-order valence-corrected chi connectivity index (χ1v) is 10.2. The average molecular weight is 418 g/mol. The number of hydrogen-bond acceptors (Lipinski definition) is 5. The van der Waals surface area contributed by atoms with Crippen molar-refractivity contribution in [2.24, 2.45) is 11.8 Å². The number of halogens is 3. The molecule has 29 heavy (non-hydrogen) atoms. The van der Waals surface area contributed by atoms with Crippen molar-refractivity contribution in [1.29, 1.82) is 0 Å². The monoisotopic (exact) mass is 418 g/mol. The maximum Gasteiger partial charge on any atom is 0.422 e. The van der Waals surface area contributed by atoms with Crippen LogP contribution in [0.3, 0.4) is 0 Å². The summed E-state index contributed by atoms with van der Waals surface area (Å²) in [5, 5.41) is 0. The van der Waals surface area contributed by atoms with Gasteiger partial charge in [-0.2, -0.15) is 13.2 Å². The Morgan fingerprint density at radius 3 is 2.17 bits per heavy atom. The summed E-state index contributed by atoms with van der Waals surface area (Å²) in [4.78, 5) is 0. The molecule has 0 spiro atoms. The standard InChI is InChI=1S/C21H29F3O5/c1-2-3-16-10-27-20(28-11-16)17-12-25-19(26-13-17)9-6-15-4-7-18(8-5-15)29-14-21(22,23)24/h4-5,7-8,16-17,19-20H,2-3,6,9-14H2,1H3. The molecule has 0 unspecified atom stereocenters. The maximum atomic E-state index is 12.2. The molecule has 3 rings (SSSR count). The minimum atomic E-state index is -4.34. The van der Waals surface area contributed by atoms with Crippen LogP contribution >= 0.6 is 0 Å². The zero-order valence-corrected chi connectivity index (χ0v) is 16.7. The lowest BCUT2D eigenvalue weighted by atomic mass is 10.0. The fraction of sp³-hybridized carbons (Fsp3) is 0.714. The van der Waals surface area contributed by atoms with E-state index >= 15 is 0 Å². The van der Waals surface area contributed by atoms with E-state index in [1.54, 1.807) is 24.3 Å². The van der Waals surface area contributed by atoms with Crippen LogP contribution in [0.4, 0.5) is 13.2 Å². The second-order valence-corrected chi connectivity index (χ2v) is 7.63. The van der Waals surface area contributed by atoms with Crippen LogP contribution in [-0.2, 0) is 25.4 Å². The molecule has 0 N–H and O–H groups in total. The Hall–Kier alpha value is -1.35. The van der Waals surface area contributed by atoms with Crippen LogP contribution in [0.1, 0.15) is 31.7 Å². The fourth-order valence-electron chi connectivity index (χ4n) is 3.49. The molecule has 2 saturated heterocycles. The van der Waals surface area contributed by atoms with E-state index in [1.807, 2.05) is 0 Å². The summed E-state index contributed by atoms with van der Waals surface area (Å²) in [6, 6.07) is 6.61. The van der Waals surface area contributed by atoms with Gasteiger partial charge >= 0.3 is 6.18 Å². The van der Waals surface area contributed by atoms with Gasteiger partial charge < -0.3 is 23.7 Å². The summed E-state index contributed by atoms with van der Waals surface area (Å²) in [5.74, 6) is 0.742. The average Bonchev–Trinajstić information content (AvgIpc) is 2.72. The van der Waals surface area contributed by atoms with Gasteiger partial charge in [0.2, 0.25) is 0 Å². The van der Waals surface area contributed by atoms with Gasteiger partial charge in [-0.15, -0.1) is 0 Å². The quantitative estimate of drug-likeness (QED) is 0.629. The van der Waals surface area contributed by atoms with Gasteiger partial charge in [-0.1, -0.05) is 25.5 Å². The molecule has 0 saturated carbocycles. The van der Waals surface area contributed by atoms with Gasteiger partial charge in [0.25, 0.3) is 0 Å². The molecule has 0 radical (unpaired) electrons. The largest absolute Gasteiger partial charge is 0.484 e. The molecular formula is C21H29F3O5. The van der Waals surface area contributed by atoms with Crippen LogP contribution in [0.2, 0.25) is 0 Å². The van der Waals surface area contributed by atoms with Gasteiger partial charge in [-0.3, -0.25) is 0 Å². The Labute approximate surface area is 169 Å². The molecule has 2 aliphatic rings. The molecule has 1 aromatic carbocycles. The molecule has 5 nitrogen and oxygen atoms in total. The van der Waals surface area contributed by atoms with Crippen LogP contribution in [0, 0.1) is 11.8 Å². The molecule has 0 amide bonds. The van der Waals surface area contributed by atoms with Crippen LogP contribution in [0.5, 0.6) is 5.75 Å². The Morgan fingerprint density at radius 2 is 1.59 bits per heavy atom. The molecule has 164 valence electrons. The summed E-state index contributed by atoms with van der Waals surface area (Å²) in [6.45, 7) is 3.37. The third-order valence-electron chi connectivity index (χ3n) is 5.06. The lowest BCUT2D eigenvalue weighted by molar-refractivity contribution is -0.281. The summed E-state index contributed by atoms with van der Waals surface area (Å²) >= 11 is 0. The lowest BCUT2D eigenvalue weighted by Crippen LogP contribution is -2.44. The highest BCUT2D eigenvalue weighted by Gasteiger charge is 2.33. The van der Waals surface area contributed by atoms with E-state index in [0.29, 0.717) is 32.0 Å². The highest BCUT2D eigenvalue weighted by molar-refractivity contribution is 5.27. The number of benzene rings is 1. The number of aryl methyl sites for hydroxylation is 1. The van der Waals surface area contributed by atoms with Gasteiger partial charge in [-0.05, 0) is 30.5 Å². The number of ether oxygens (including phenoxy) is 5. The Balaban J connectivity index is 1.34. The van der Waals surface area contributed by atoms with Gasteiger partial charge in [0, 0.05) is 12.3 Å². The van der Waals surface area contributed by atoms with Gasteiger partial charge in [0.05, 0.1) is 32.3 Å². The molecule has 2 heterocycles. The first-order valence-electron chi connectivity index (χ1n) is 10.2. The van der Waals surface area contributed by atoms with Crippen molar-refractivity contribution in [3.05, 3.63) is 29.8 Å². The third kappa shape index (κ3) is 7.44. The van der Waals surface area contributed by atoms with Gasteiger partial charge in [0.1, 0.15) is 5.75 Å². The van der Waals surface area contributed by atoms with E-state index in [4.69, 9.17) is 23.7 Å². The fourth-order valence-corrected chi connectivity index (χ4v) is 3.49. The highest BCUT2D eigenvalue weighted by Crippen LogP contribution is 2.25. The minimum absolute atomic E-state index is 0.0684. The van der Waals surface area contributed by atoms with Gasteiger partial charge in [-0.25, -0.2) is 0 Å². The molecule has 0 atom stereocenters. The molecule has 1 aromatic rings. The summed E-state index contributed by atoms with van der Waals surface area (Å²) in [5.41, 5.74) is 0.986. The van der Waals surface area contributed by atoms with E-state index in [1.165, 1.54) is 0 Å². The highest BCUT2D eigenvalue weighted by atomic mass is 19.4. The predicted molar refractivity (Wildman–Crippen MR) is 99.6 cm³/mol. The number of alkyl halides is 3. The molecule has 2 fully saturated rings. The molecule has 0 bridgehead atoms. The summed E-state index contributed by atoms with van der Waals surface area (Å²) < 4.78 is 64.5. The van der Waals surface area contributed by atoms with Crippen molar-refractivity contribution in [3.8, 4) is 5.75 Å². The Kier molecular flexibility index (Phi) is 8.17. The topological polar surface area (TPSA) is 46.2 Å². The van der Waals surface area contributed by atoms with Crippen molar-refractivity contribution in [3.63, 3.8) is 0 Å². The van der Waals surface area contributed by atoms with Crippen molar-refractivity contribution in [2.75, 3.05) is 33.0 Å².